The van der Waals surface area contributed by atoms with Gasteiger partial charge in [0.25, 0.3) is 0 Å². The van der Waals surface area contributed by atoms with Crippen molar-refractivity contribution >= 4 is 10.9 Å². The van der Waals surface area contributed by atoms with Crippen molar-refractivity contribution < 1.29 is 22.3 Å². The monoisotopic (exact) mass is 456 g/mol. The fraction of sp³-hybridized carbons (Fsp3) is 0.231. The molecule has 0 radical (unpaired) electrons. The number of H-pyrrole nitrogens is 1. The zero-order valence-electron chi connectivity index (χ0n) is 17.8. The zero-order chi connectivity index (χ0) is 23.3. The molecule has 2 N–H and O–H groups in total. The highest BCUT2D eigenvalue weighted by Gasteiger charge is 2.41. The van der Waals surface area contributed by atoms with Gasteiger partial charge < -0.3 is 15.0 Å². The van der Waals surface area contributed by atoms with Crippen LogP contribution in [-0.2, 0) is 13.0 Å². The van der Waals surface area contributed by atoms with Gasteiger partial charge >= 0.3 is 12.3 Å². The molecule has 0 fully saturated rings. The first-order valence-electron chi connectivity index (χ1n) is 10.7. The molecule has 0 saturated carbocycles. The summed E-state index contributed by atoms with van der Waals surface area (Å²) in [5.74, 6) is -4.03. The number of rotatable bonds is 10. The molecule has 172 valence electrons. The molecular weight excluding hydrogens is 432 g/mol. The van der Waals surface area contributed by atoms with E-state index in [1.54, 1.807) is 12.1 Å². The van der Waals surface area contributed by atoms with Crippen molar-refractivity contribution in [3.63, 3.8) is 0 Å². The summed E-state index contributed by atoms with van der Waals surface area (Å²) in [5, 5.41) is 4.51. The summed E-state index contributed by atoms with van der Waals surface area (Å²) in [6.45, 7) is -0.149. The molecule has 7 heteroatoms. The molecule has 0 aliphatic heterocycles. The van der Waals surface area contributed by atoms with Crippen molar-refractivity contribution in [2.75, 3.05) is 13.2 Å². The van der Waals surface area contributed by atoms with Crippen LogP contribution in [-0.4, -0.2) is 30.5 Å². The summed E-state index contributed by atoms with van der Waals surface area (Å²) >= 11 is 0. The van der Waals surface area contributed by atoms with E-state index < -0.39 is 19.0 Å². The van der Waals surface area contributed by atoms with Gasteiger partial charge in [-0.1, -0.05) is 60.7 Å². The lowest BCUT2D eigenvalue weighted by molar-refractivity contribution is -0.148. The SMILES string of the molecule is FC(F)C(F)(F)COc1cccc(CNCCc2c[nH]c3c(-c4ccccc4)cccc23)c1. The van der Waals surface area contributed by atoms with E-state index in [0.717, 1.165) is 28.6 Å². The van der Waals surface area contributed by atoms with Crippen LogP contribution < -0.4 is 10.1 Å². The highest BCUT2D eigenvalue weighted by molar-refractivity contribution is 5.96. The van der Waals surface area contributed by atoms with Gasteiger partial charge in [-0.05, 0) is 41.8 Å². The molecule has 0 atom stereocenters. The molecule has 4 aromatic rings. The minimum atomic E-state index is -4.17. The predicted octanol–water partition coefficient (Wildman–Crippen LogP) is 6.45. The Morgan fingerprint density at radius 3 is 2.52 bits per heavy atom. The summed E-state index contributed by atoms with van der Waals surface area (Å²) in [4.78, 5) is 3.40. The van der Waals surface area contributed by atoms with Crippen LogP contribution in [0.5, 0.6) is 5.75 Å². The summed E-state index contributed by atoms with van der Waals surface area (Å²) in [5.41, 5.74) is 5.42. The number of nitrogens with one attached hydrogen (secondary N) is 2. The third-order valence-corrected chi connectivity index (χ3v) is 5.44. The molecule has 0 spiro atoms. The smallest absolute Gasteiger partial charge is 0.340 e. The Hall–Kier alpha value is -3.32. The second-order valence-electron chi connectivity index (χ2n) is 7.83. The molecule has 3 aromatic carbocycles. The van der Waals surface area contributed by atoms with Crippen LogP contribution in [0.3, 0.4) is 0 Å². The Bertz CT molecular complexity index is 1190. The van der Waals surface area contributed by atoms with E-state index in [1.165, 1.54) is 17.0 Å². The zero-order valence-corrected chi connectivity index (χ0v) is 17.8. The first kappa shape index (κ1) is 22.9. The van der Waals surface area contributed by atoms with Gasteiger partial charge in [0.1, 0.15) is 5.75 Å². The van der Waals surface area contributed by atoms with E-state index in [4.69, 9.17) is 4.74 Å². The van der Waals surface area contributed by atoms with E-state index in [9.17, 15) is 17.6 Å². The average molecular weight is 456 g/mol. The Morgan fingerprint density at radius 2 is 1.73 bits per heavy atom. The number of benzene rings is 3. The molecule has 0 aliphatic rings. The average Bonchev–Trinajstić information content (AvgIpc) is 3.24. The predicted molar refractivity (Wildman–Crippen MR) is 122 cm³/mol. The lowest BCUT2D eigenvalue weighted by Gasteiger charge is -2.16. The second kappa shape index (κ2) is 10.1. The quantitative estimate of drug-likeness (QED) is 0.213. The number of halogens is 4. The van der Waals surface area contributed by atoms with Crippen molar-refractivity contribution in [3.05, 3.63) is 90.1 Å². The van der Waals surface area contributed by atoms with Crippen molar-refractivity contribution in [2.24, 2.45) is 0 Å². The number of aromatic nitrogens is 1. The number of ether oxygens (including phenoxy) is 1. The minimum absolute atomic E-state index is 0.139. The Balaban J connectivity index is 1.33. The van der Waals surface area contributed by atoms with Gasteiger partial charge in [-0.25, -0.2) is 8.78 Å². The highest BCUT2D eigenvalue weighted by atomic mass is 19.3. The van der Waals surface area contributed by atoms with Gasteiger partial charge in [0.15, 0.2) is 6.61 Å². The Labute approximate surface area is 189 Å². The van der Waals surface area contributed by atoms with Crippen LogP contribution >= 0.6 is 0 Å². The molecule has 0 unspecified atom stereocenters. The number of hydrogen-bond acceptors (Lipinski definition) is 2. The summed E-state index contributed by atoms with van der Waals surface area (Å²) < 4.78 is 55.5. The third kappa shape index (κ3) is 5.54. The fourth-order valence-electron chi connectivity index (χ4n) is 3.72. The van der Waals surface area contributed by atoms with E-state index in [1.807, 2.05) is 30.5 Å². The van der Waals surface area contributed by atoms with Crippen LogP contribution in [0, 0.1) is 0 Å². The normalized spacial score (nSPS) is 11.9. The molecule has 4 rings (SSSR count). The highest BCUT2D eigenvalue weighted by Crippen LogP contribution is 2.30. The first-order chi connectivity index (χ1) is 15.9. The molecule has 1 heterocycles. The number of alkyl halides is 4. The number of fused-ring (bicyclic) bond motifs is 1. The van der Waals surface area contributed by atoms with Crippen LogP contribution in [0.4, 0.5) is 17.6 Å². The molecule has 0 aliphatic carbocycles. The summed E-state index contributed by atoms with van der Waals surface area (Å²) in [6, 6.07) is 23.0. The molecular formula is C26H24F4N2O. The van der Waals surface area contributed by atoms with Crippen LogP contribution in [0.25, 0.3) is 22.0 Å². The molecule has 0 amide bonds. The molecule has 33 heavy (non-hydrogen) atoms. The van der Waals surface area contributed by atoms with E-state index in [2.05, 4.69) is 40.6 Å². The minimum Gasteiger partial charge on any atom is -0.487 e. The largest absolute Gasteiger partial charge is 0.487 e. The lowest BCUT2D eigenvalue weighted by Crippen LogP contribution is -2.33. The van der Waals surface area contributed by atoms with Crippen molar-refractivity contribution in [3.8, 4) is 16.9 Å². The van der Waals surface area contributed by atoms with Crippen LogP contribution in [0.15, 0.2) is 79.0 Å². The van der Waals surface area contributed by atoms with Gasteiger partial charge in [-0.2, -0.15) is 8.78 Å². The Morgan fingerprint density at radius 1 is 0.939 bits per heavy atom. The lowest BCUT2D eigenvalue weighted by atomic mass is 10.0. The van der Waals surface area contributed by atoms with Crippen LogP contribution in [0.1, 0.15) is 11.1 Å². The van der Waals surface area contributed by atoms with Gasteiger partial charge in [0.05, 0.1) is 5.52 Å². The molecule has 3 nitrogen and oxygen atoms in total. The van der Waals surface area contributed by atoms with E-state index in [0.29, 0.717) is 13.1 Å². The summed E-state index contributed by atoms with van der Waals surface area (Å²) in [7, 11) is 0. The first-order valence-corrected chi connectivity index (χ1v) is 10.7. The van der Waals surface area contributed by atoms with Crippen molar-refractivity contribution in [1.29, 1.82) is 0 Å². The Kier molecular flexibility index (Phi) is 6.99. The fourth-order valence-corrected chi connectivity index (χ4v) is 3.72. The van der Waals surface area contributed by atoms with Crippen LogP contribution in [0.2, 0.25) is 0 Å². The maximum atomic E-state index is 13.1. The van der Waals surface area contributed by atoms with Gasteiger partial charge in [-0.15, -0.1) is 0 Å². The van der Waals surface area contributed by atoms with Gasteiger partial charge in [0, 0.05) is 23.7 Å². The summed E-state index contributed by atoms with van der Waals surface area (Å²) in [6.07, 6.45) is -0.929. The molecule has 0 saturated heterocycles. The third-order valence-electron chi connectivity index (χ3n) is 5.44. The maximum absolute atomic E-state index is 13.1. The second-order valence-corrected chi connectivity index (χ2v) is 7.83. The maximum Gasteiger partial charge on any atom is 0.340 e. The molecule has 1 aromatic heterocycles. The topological polar surface area (TPSA) is 37.0 Å². The number of para-hydroxylation sites is 1. The van der Waals surface area contributed by atoms with Gasteiger partial charge in [-0.3, -0.25) is 0 Å². The number of hydrogen-bond donors (Lipinski definition) is 2. The van der Waals surface area contributed by atoms with E-state index >= 15 is 0 Å². The van der Waals surface area contributed by atoms with Gasteiger partial charge in [0.2, 0.25) is 0 Å². The van der Waals surface area contributed by atoms with E-state index in [-0.39, 0.29) is 5.75 Å². The molecule has 0 bridgehead atoms. The standard InChI is InChI=1S/C26H24F4N2O/c27-25(28)26(29,30)17-33-21-9-4-6-18(14-21)15-31-13-12-20-16-32-24-22(10-5-11-23(20)24)19-7-2-1-3-8-19/h1-11,14,16,25,31-32H,12-13,15,17H2. The number of aromatic amines is 1. The van der Waals surface area contributed by atoms with Crippen molar-refractivity contribution in [1.82, 2.24) is 10.3 Å². The van der Waals surface area contributed by atoms with Crippen molar-refractivity contribution in [2.45, 2.75) is 25.3 Å².